The Morgan fingerprint density at radius 3 is 2.46 bits per heavy atom. The second kappa shape index (κ2) is 8.43. The number of rotatable bonds is 6. The number of benzene rings is 1. The predicted octanol–water partition coefficient (Wildman–Crippen LogP) is -1.12. The number of hydrogen-bond acceptors (Lipinski definition) is 8. The van der Waals surface area contributed by atoms with Crippen LogP contribution in [0.5, 0.6) is 11.5 Å². The smallest absolute Gasteiger partial charge is 0.229 e. The molecule has 1 heterocycles. The Hall–Kier alpha value is -1.68. The van der Waals surface area contributed by atoms with Crippen LogP contribution < -0.4 is 9.47 Å². The van der Waals surface area contributed by atoms with Crippen molar-refractivity contribution in [3.05, 3.63) is 29.8 Å². The van der Waals surface area contributed by atoms with Crippen molar-refractivity contribution in [2.24, 2.45) is 0 Å². The number of aliphatic hydroxyl groups is 5. The van der Waals surface area contributed by atoms with Crippen LogP contribution in [0.25, 0.3) is 6.08 Å². The van der Waals surface area contributed by atoms with Crippen molar-refractivity contribution in [2.75, 3.05) is 20.3 Å². The molecule has 1 fully saturated rings. The van der Waals surface area contributed by atoms with Gasteiger partial charge in [0.1, 0.15) is 24.4 Å². The van der Waals surface area contributed by atoms with E-state index >= 15 is 0 Å². The monoisotopic (exact) mass is 342 g/mol. The van der Waals surface area contributed by atoms with E-state index in [0.717, 1.165) is 5.56 Å². The van der Waals surface area contributed by atoms with Gasteiger partial charge in [0.05, 0.1) is 20.3 Å². The highest BCUT2D eigenvalue weighted by Gasteiger charge is 2.44. The lowest BCUT2D eigenvalue weighted by atomic mass is 9.99. The average molecular weight is 342 g/mol. The van der Waals surface area contributed by atoms with Crippen molar-refractivity contribution in [2.45, 2.75) is 30.7 Å². The van der Waals surface area contributed by atoms with Gasteiger partial charge in [-0.1, -0.05) is 18.2 Å². The van der Waals surface area contributed by atoms with E-state index in [4.69, 9.17) is 19.3 Å². The maximum absolute atomic E-state index is 10.00. The summed E-state index contributed by atoms with van der Waals surface area (Å²) < 4.78 is 16.1. The van der Waals surface area contributed by atoms with E-state index in [9.17, 15) is 20.4 Å². The third-order valence-corrected chi connectivity index (χ3v) is 3.69. The van der Waals surface area contributed by atoms with E-state index < -0.39 is 37.3 Å². The summed E-state index contributed by atoms with van der Waals surface area (Å²) in [7, 11) is 1.44. The molecule has 0 saturated carbocycles. The lowest BCUT2D eigenvalue weighted by Crippen LogP contribution is -2.60. The SMILES string of the molecule is COc1cc(/C=C/CO)ccc1O[C@@H]1O[C@H](CO)[C@@H](O)[C@H](O)[C@@H]1O. The minimum Gasteiger partial charge on any atom is -0.493 e. The quantitative estimate of drug-likeness (QED) is 0.440. The molecule has 1 saturated heterocycles. The Kier molecular flexibility index (Phi) is 6.55. The first-order valence-corrected chi connectivity index (χ1v) is 7.44. The van der Waals surface area contributed by atoms with Gasteiger partial charge in [-0.15, -0.1) is 0 Å². The van der Waals surface area contributed by atoms with Gasteiger partial charge in [-0.3, -0.25) is 0 Å². The second-order valence-electron chi connectivity index (χ2n) is 5.31. The summed E-state index contributed by atoms with van der Waals surface area (Å²) in [6.07, 6.45) is -3.54. The van der Waals surface area contributed by atoms with Crippen LogP contribution in [-0.4, -0.2) is 76.6 Å². The molecule has 0 unspecified atom stereocenters. The van der Waals surface area contributed by atoms with Gasteiger partial charge in [0.25, 0.3) is 0 Å². The van der Waals surface area contributed by atoms with Crippen LogP contribution in [0, 0.1) is 0 Å². The molecule has 1 aliphatic heterocycles. The Morgan fingerprint density at radius 1 is 1.08 bits per heavy atom. The zero-order valence-electron chi connectivity index (χ0n) is 13.1. The fraction of sp³-hybridized carbons (Fsp3) is 0.500. The molecule has 5 N–H and O–H groups in total. The van der Waals surface area contributed by atoms with Gasteiger partial charge in [0.15, 0.2) is 11.5 Å². The van der Waals surface area contributed by atoms with Gasteiger partial charge < -0.3 is 39.7 Å². The Balaban J connectivity index is 2.18. The van der Waals surface area contributed by atoms with Crippen molar-refractivity contribution in [3.63, 3.8) is 0 Å². The van der Waals surface area contributed by atoms with Crippen LogP contribution in [0.3, 0.4) is 0 Å². The molecule has 1 aromatic rings. The molecule has 0 aromatic heterocycles. The summed E-state index contributed by atoms with van der Waals surface area (Å²) in [5.41, 5.74) is 0.766. The maximum Gasteiger partial charge on any atom is 0.229 e. The van der Waals surface area contributed by atoms with Crippen molar-refractivity contribution in [1.82, 2.24) is 0 Å². The largest absolute Gasteiger partial charge is 0.493 e. The molecule has 1 aliphatic rings. The van der Waals surface area contributed by atoms with Crippen molar-refractivity contribution >= 4 is 6.08 Å². The number of hydrogen-bond donors (Lipinski definition) is 5. The zero-order valence-corrected chi connectivity index (χ0v) is 13.1. The van der Waals surface area contributed by atoms with Gasteiger partial charge in [-0.05, 0) is 17.7 Å². The zero-order chi connectivity index (χ0) is 17.7. The summed E-state index contributed by atoms with van der Waals surface area (Å²) in [4.78, 5) is 0. The van der Waals surface area contributed by atoms with Crippen LogP contribution in [0.1, 0.15) is 5.56 Å². The molecule has 0 bridgehead atoms. The van der Waals surface area contributed by atoms with Crippen LogP contribution in [0.2, 0.25) is 0 Å². The van der Waals surface area contributed by atoms with Crippen LogP contribution in [0.4, 0.5) is 0 Å². The number of methoxy groups -OCH3 is 1. The van der Waals surface area contributed by atoms with E-state index in [1.807, 2.05) is 0 Å². The lowest BCUT2D eigenvalue weighted by molar-refractivity contribution is -0.277. The van der Waals surface area contributed by atoms with E-state index in [1.54, 1.807) is 30.4 Å². The molecule has 5 atom stereocenters. The van der Waals surface area contributed by atoms with Crippen molar-refractivity contribution in [3.8, 4) is 11.5 Å². The fourth-order valence-corrected chi connectivity index (χ4v) is 2.36. The maximum atomic E-state index is 10.00. The molecule has 2 rings (SSSR count). The lowest BCUT2D eigenvalue weighted by Gasteiger charge is -2.39. The van der Waals surface area contributed by atoms with Gasteiger partial charge >= 0.3 is 0 Å². The summed E-state index contributed by atoms with van der Waals surface area (Å²) >= 11 is 0. The molecule has 134 valence electrons. The van der Waals surface area contributed by atoms with Crippen molar-refractivity contribution in [1.29, 1.82) is 0 Å². The molecule has 24 heavy (non-hydrogen) atoms. The highest BCUT2D eigenvalue weighted by atomic mass is 16.7. The molecule has 0 aliphatic carbocycles. The van der Waals surface area contributed by atoms with Gasteiger partial charge in [-0.2, -0.15) is 0 Å². The normalized spacial score (nSPS) is 30.5. The average Bonchev–Trinajstić information content (AvgIpc) is 2.61. The molecule has 0 spiro atoms. The number of ether oxygens (including phenoxy) is 3. The summed E-state index contributed by atoms with van der Waals surface area (Å²) in [5, 5.41) is 47.5. The molecule has 8 nitrogen and oxygen atoms in total. The predicted molar refractivity (Wildman–Crippen MR) is 83.5 cm³/mol. The van der Waals surface area contributed by atoms with E-state index in [1.165, 1.54) is 7.11 Å². The highest BCUT2D eigenvalue weighted by molar-refractivity contribution is 5.55. The van der Waals surface area contributed by atoms with Crippen molar-refractivity contribution < 1.29 is 39.7 Å². The van der Waals surface area contributed by atoms with Crippen LogP contribution in [0.15, 0.2) is 24.3 Å². The van der Waals surface area contributed by atoms with Crippen LogP contribution >= 0.6 is 0 Å². The topological polar surface area (TPSA) is 129 Å². The Bertz CT molecular complexity index is 559. The minimum atomic E-state index is -1.52. The molecule has 8 heteroatoms. The standard InChI is InChI=1S/C16H22O8/c1-22-11-7-9(3-2-6-17)4-5-10(11)23-16-15(21)14(20)13(19)12(8-18)24-16/h2-5,7,12-21H,6,8H2,1H3/b3-2+/t12-,13-,14+,15+,16-/m1/s1. The summed E-state index contributed by atoms with van der Waals surface area (Å²) in [6.45, 7) is -0.627. The Labute approximate surface area is 139 Å². The van der Waals surface area contributed by atoms with E-state index in [-0.39, 0.29) is 12.4 Å². The molecular formula is C16H22O8. The fourth-order valence-electron chi connectivity index (χ4n) is 2.36. The van der Waals surface area contributed by atoms with Gasteiger partial charge in [0.2, 0.25) is 6.29 Å². The minimum absolute atomic E-state index is 0.0918. The third-order valence-electron chi connectivity index (χ3n) is 3.69. The first-order valence-electron chi connectivity index (χ1n) is 7.44. The second-order valence-corrected chi connectivity index (χ2v) is 5.31. The molecular weight excluding hydrogens is 320 g/mol. The van der Waals surface area contributed by atoms with Gasteiger partial charge in [-0.25, -0.2) is 0 Å². The third kappa shape index (κ3) is 4.04. The molecule has 1 aromatic carbocycles. The number of aliphatic hydroxyl groups excluding tert-OH is 5. The van der Waals surface area contributed by atoms with Gasteiger partial charge in [0, 0.05) is 0 Å². The highest BCUT2D eigenvalue weighted by Crippen LogP contribution is 2.32. The summed E-state index contributed by atoms with van der Waals surface area (Å²) in [6, 6.07) is 4.94. The van der Waals surface area contributed by atoms with Crippen LogP contribution in [-0.2, 0) is 4.74 Å². The molecule has 0 amide bonds. The van der Waals surface area contributed by atoms with E-state index in [0.29, 0.717) is 5.75 Å². The Morgan fingerprint density at radius 2 is 1.83 bits per heavy atom. The first kappa shape index (κ1) is 18.7. The molecule has 0 radical (unpaired) electrons. The van der Waals surface area contributed by atoms with E-state index in [2.05, 4.69) is 0 Å². The first-order chi connectivity index (χ1) is 11.5. The summed E-state index contributed by atoms with van der Waals surface area (Å²) in [5.74, 6) is 0.607.